The van der Waals surface area contributed by atoms with Crippen molar-refractivity contribution in [2.24, 2.45) is 0 Å². The van der Waals surface area contributed by atoms with Crippen LogP contribution < -0.4 is 5.32 Å². The lowest BCUT2D eigenvalue weighted by molar-refractivity contribution is -0.129. The molecule has 3 amide bonds. The molecule has 2 atom stereocenters. The third kappa shape index (κ3) is 5.21. The van der Waals surface area contributed by atoms with Gasteiger partial charge >= 0.3 is 6.03 Å². The van der Waals surface area contributed by atoms with Gasteiger partial charge in [0.15, 0.2) is 0 Å². The van der Waals surface area contributed by atoms with E-state index in [9.17, 15) is 9.59 Å². The fraction of sp³-hybridized carbons (Fsp3) is 0.556. The molecule has 5 nitrogen and oxygen atoms in total. The number of benzene rings is 1. The molecule has 1 aliphatic heterocycles. The lowest BCUT2D eigenvalue weighted by atomic mass is 10.1. The number of hydrogen-bond donors (Lipinski definition) is 1. The monoisotopic (exact) mass is 417 g/mol. The van der Waals surface area contributed by atoms with Gasteiger partial charge in [-0.15, -0.1) is 11.8 Å². The molecule has 144 valence electrons. The number of amides is 3. The second-order valence-electron chi connectivity index (χ2n) is 7.44. The first-order chi connectivity index (χ1) is 12.0. The van der Waals surface area contributed by atoms with Crippen LogP contribution in [0.5, 0.6) is 0 Å². The number of nitrogens with one attached hydrogen (secondary N) is 1. The summed E-state index contributed by atoms with van der Waals surface area (Å²) in [5, 5.41) is 3.61. The summed E-state index contributed by atoms with van der Waals surface area (Å²) in [6, 6.07) is 5.28. The number of rotatable bonds is 4. The zero-order valence-electron chi connectivity index (χ0n) is 15.7. The van der Waals surface area contributed by atoms with Crippen molar-refractivity contribution in [2.75, 3.05) is 20.1 Å². The Morgan fingerprint density at radius 3 is 2.54 bits per heavy atom. The van der Waals surface area contributed by atoms with Crippen molar-refractivity contribution in [1.82, 2.24) is 15.1 Å². The van der Waals surface area contributed by atoms with Crippen LogP contribution in [0.15, 0.2) is 18.2 Å². The number of halogens is 2. The predicted molar refractivity (Wildman–Crippen MR) is 109 cm³/mol. The normalized spacial score (nSPS) is 20.4. The zero-order chi connectivity index (χ0) is 19.6. The Kier molecular flexibility index (Phi) is 6.75. The summed E-state index contributed by atoms with van der Waals surface area (Å²) in [7, 11) is 1.73. The van der Waals surface area contributed by atoms with Crippen molar-refractivity contribution >= 4 is 46.9 Å². The minimum Gasteiger partial charge on any atom is -0.333 e. The van der Waals surface area contributed by atoms with E-state index in [2.05, 4.69) is 5.32 Å². The third-order valence-electron chi connectivity index (χ3n) is 3.98. The quantitative estimate of drug-likeness (QED) is 0.789. The molecule has 1 heterocycles. The maximum absolute atomic E-state index is 12.6. The Morgan fingerprint density at radius 2 is 1.96 bits per heavy atom. The lowest BCUT2D eigenvalue weighted by Crippen LogP contribution is -2.49. The van der Waals surface area contributed by atoms with Crippen LogP contribution >= 0.6 is 35.0 Å². The van der Waals surface area contributed by atoms with Crippen molar-refractivity contribution in [3.8, 4) is 0 Å². The van der Waals surface area contributed by atoms with Crippen LogP contribution in [0.2, 0.25) is 10.0 Å². The molecular weight excluding hydrogens is 393 g/mol. The zero-order valence-corrected chi connectivity index (χ0v) is 18.0. The highest BCUT2D eigenvalue weighted by Crippen LogP contribution is 2.43. The van der Waals surface area contributed by atoms with E-state index in [1.165, 1.54) is 0 Å². The predicted octanol–water partition coefficient (Wildman–Crippen LogP) is 4.40. The summed E-state index contributed by atoms with van der Waals surface area (Å²) in [5.74, 6) is 0.0655. The van der Waals surface area contributed by atoms with E-state index in [0.29, 0.717) is 23.1 Å². The lowest BCUT2D eigenvalue weighted by Gasteiger charge is -2.29. The van der Waals surface area contributed by atoms with E-state index in [1.54, 1.807) is 40.7 Å². The minimum absolute atomic E-state index is 0.0655. The molecule has 1 N–H and O–H groups in total. The number of carbonyl (C=O) groups excluding carboxylic acids is 2. The summed E-state index contributed by atoms with van der Waals surface area (Å²) >= 11 is 13.7. The van der Waals surface area contributed by atoms with Gasteiger partial charge in [0.25, 0.3) is 0 Å². The van der Waals surface area contributed by atoms with Gasteiger partial charge in [-0.25, -0.2) is 4.79 Å². The first kappa shape index (κ1) is 21.2. The highest BCUT2D eigenvalue weighted by molar-refractivity contribution is 8.01. The maximum atomic E-state index is 12.6. The molecule has 0 spiro atoms. The molecule has 26 heavy (non-hydrogen) atoms. The third-order valence-corrected chi connectivity index (χ3v) is 6.11. The number of carbonyl (C=O) groups is 2. The molecule has 0 saturated carbocycles. The Bertz CT molecular complexity index is 694. The average molecular weight is 418 g/mol. The summed E-state index contributed by atoms with van der Waals surface area (Å²) in [6.07, 6.45) is 0. The molecule has 0 unspecified atom stereocenters. The van der Waals surface area contributed by atoms with Gasteiger partial charge in [0.1, 0.15) is 5.37 Å². The molecule has 0 aromatic heterocycles. The van der Waals surface area contributed by atoms with Crippen LogP contribution in [0.4, 0.5) is 4.79 Å². The van der Waals surface area contributed by atoms with E-state index >= 15 is 0 Å². The summed E-state index contributed by atoms with van der Waals surface area (Å²) in [4.78, 5) is 28.2. The van der Waals surface area contributed by atoms with Crippen LogP contribution in [-0.2, 0) is 4.79 Å². The van der Waals surface area contributed by atoms with Crippen molar-refractivity contribution < 1.29 is 9.59 Å². The van der Waals surface area contributed by atoms with Crippen molar-refractivity contribution in [3.05, 3.63) is 33.8 Å². The number of nitrogens with zero attached hydrogens (tertiary/aromatic N) is 2. The summed E-state index contributed by atoms with van der Waals surface area (Å²) in [5.41, 5.74) is 0.630. The van der Waals surface area contributed by atoms with Gasteiger partial charge in [0.2, 0.25) is 5.91 Å². The largest absolute Gasteiger partial charge is 0.333 e. The van der Waals surface area contributed by atoms with Crippen molar-refractivity contribution in [1.29, 1.82) is 0 Å². The molecule has 1 aromatic rings. The fourth-order valence-corrected chi connectivity index (χ4v) is 4.21. The highest BCUT2D eigenvalue weighted by atomic mass is 35.5. The van der Waals surface area contributed by atoms with Crippen LogP contribution in [0, 0.1) is 0 Å². The molecule has 8 heteroatoms. The van der Waals surface area contributed by atoms with Gasteiger partial charge in [-0.2, -0.15) is 0 Å². The number of hydrogen-bond acceptors (Lipinski definition) is 3. The molecule has 0 bridgehead atoms. The molecule has 1 aliphatic rings. The van der Waals surface area contributed by atoms with Gasteiger partial charge in [0, 0.05) is 25.7 Å². The standard InChI is InChI=1S/C18H25Cl2N3O2S/c1-11-15(24)23(9-8-22(5)17(25)21-18(2,3)4)16(26-11)12-6-7-13(19)14(20)10-12/h6-7,10-11,16H,8-9H2,1-5H3,(H,21,25)/t11-,16+/m0/s1. The van der Waals surface area contributed by atoms with Gasteiger partial charge in [-0.05, 0) is 45.4 Å². The van der Waals surface area contributed by atoms with E-state index in [1.807, 2.05) is 33.8 Å². The van der Waals surface area contributed by atoms with Gasteiger partial charge in [-0.3, -0.25) is 4.79 Å². The summed E-state index contributed by atoms with van der Waals surface area (Å²) < 4.78 is 0. The van der Waals surface area contributed by atoms with Crippen molar-refractivity contribution in [3.63, 3.8) is 0 Å². The molecule has 1 saturated heterocycles. The van der Waals surface area contributed by atoms with E-state index in [0.717, 1.165) is 5.56 Å². The smallest absolute Gasteiger partial charge is 0.317 e. The second-order valence-corrected chi connectivity index (χ2v) is 9.68. The van der Waals surface area contributed by atoms with E-state index in [4.69, 9.17) is 23.2 Å². The molecule has 0 radical (unpaired) electrons. The number of thioether (sulfide) groups is 1. The minimum atomic E-state index is -0.304. The van der Waals surface area contributed by atoms with Crippen molar-refractivity contribution in [2.45, 2.75) is 43.9 Å². The Hall–Kier alpha value is -1.11. The maximum Gasteiger partial charge on any atom is 0.317 e. The summed E-state index contributed by atoms with van der Waals surface area (Å²) in [6.45, 7) is 8.59. The first-order valence-corrected chi connectivity index (χ1v) is 10.1. The average Bonchev–Trinajstić information content (AvgIpc) is 2.81. The topological polar surface area (TPSA) is 52.6 Å². The number of likely N-dealkylation sites (N-methyl/N-ethyl adjacent to an activating group) is 1. The Morgan fingerprint density at radius 1 is 1.31 bits per heavy atom. The highest BCUT2D eigenvalue weighted by Gasteiger charge is 2.38. The second kappa shape index (κ2) is 8.28. The molecule has 2 rings (SSSR count). The van der Waals surface area contributed by atoms with Crippen LogP contribution in [0.25, 0.3) is 0 Å². The first-order valence-electron chi connectivity index (χ1n) is 8.44. The fourth-order valence-electron chi connectivity index (χ4n) is 2.60. The molecule has 1 fully saturated rings. The van der Waals surface area contributed by atoms with Gasteiger partial charge in [0.05, 0.1) is 15.3 Å². The van der Waals surface area contributed by atoms with E-state index < -0.39 is 0 Å². The van der Waals surface area contributed by atoms with Gasteiger partial charge in [-0.1, -0.05) is 29.3 Å². The molecule has 0 aliphatic carbocycles. The van der Waals surface area contributed by atoms with Gasteiger partial charge < -0.3 is 15.1 Å². The SMILES string of the molecule is C[C@@H]1S[C@H](c2ccc(Cl)c(Cl)c2)N(CCN(C)C(=O)NC(C)(C)C)C1=O. The van der Waals surface area contributed by atoms with Crippen LogP contribution in [0.3, 0.4) is 0 Å². The van der Waals surface area contributed by atoms with E-state index in [-0.39, 0.29) is 28.1 Å². The number of urea groups is 1. The van der Waals surface area contributed by atoms with Crippen LogP contribution in [0.1, 0.15) is 38.6 Å². The van der Waals surface area contributed by atoms with Crippen LogP contribution in [-0.4, -0.2) is 52.7 Å². The molecule has 1 aromatic carbocycles. The Balaban J connectivity index is 2.08. The molecular formula is C18H25Cl2N3O2S. The Labute approximate surface area is 169 Å².